The fraction of sp³-hybridized carbons (Fsp3) is 0.200. The van der Waals surface area contributed by atoms with Crippen LogP contribution in [0.25, 0.3) is 0 Å². The first-order chi connectivity index (χ1) is 11.6. The van der Waals surface area contributed by atoms with Crippen LogP contribution in [0.1, 0.15) is 16.7 Å². The Morgan fingerprint density at radius 1 is 1.00 bits per heavy atom. The van der Waals surface area contributed by atoms with Crippen molar-refractivity contribution in [2.75, 3.05) is 0 Å². The molecule has 0 aromatic heterocycles. The number of non-ortho nitro benzene ring substituents is 2. The highest BCUT2D eigenvalue weighted by atomic mass is 32.2. The highest BCUT2D eigenvalue weighted by molar-refractivity contribution is 7.89. The van der Waals surface area contributed by atoms with E-state index in [4.69, 9.17) is 0 Å². The molecule has 25 heavy (non-hydrogen) atoms. The van der Waals surface area contributed by atoms with Crippen molar-refractivity contribution in [2.45, 2.75) is 25.3 Å². The molecular weight excluding hydrogens is 350 g/mol. The second-order valence-electron chi connectivity index (χ2n) is 5.39. The van der Waals surface area contributed by atoms with Gasteiger partial charge in [-0.1, -0.05) is 12.1 Å². The lowest BCUT2D eigenvalue weighted by Crippen LogP contribution is -2.24. The molecule has 0 aliphatic heterocycles. The molecular formula is C15H15N3O6S. The smallest absolute Gasteiger partial charge is 0.258 e. The average molecular weight is 365 g/mol. The third-order valence-corrected chi connectivity index (χ3v) is 5.22. The van der Waals surface area contributed by atoms with E-state index in [2.05, 4.69) is 4.72 Å². The number of aryl methyl sites for hydroxylation is 1. The monoisotopic (exact) mass is 365 g/mol. The van der Waals surface area contributed by atoms with Gasteiger partial charge in [0, 0.05) is 30.8 Å². The predicted octanol–water partition coefficient (Wildman–Crippen LogP) is 2.60. The zero-order valence-electron chi connectivity index (χ0n) is 13.4. The lowest BCUT2D eigenvalue weighted by atomic mass is 10.1. The Balaban J connectivity index is 2.32. The maximum absolute atomic E-state index is 12.5. The number of nitro benzene ring substituents is 2. The molecule has 0 heterocycles. The summed E-state index contributed by atoms with van der Waals surface area (Å²) in [6.07, 6.45) is 0. The van der Waals surface area contributed by atoms with Crippen LogP contribution in [0.3, 0.4) is 0 Å². The van der Waals surface area contributed by atoms with E-state index >= 15 is 0 Å². The van der Waals surface area contributed by atoms with Crippen LogP contribution in [0.5, 0.6) is 0 Å². The highest BCUT2D eigenvalue weighted by Crippen LogP contribution is 2.25. The van der Waals surface area contributed by atoms with Crippen LogP contribution in [-0.4, -0.2) is 18.3 Å². The minimum Gasteiger partial charge on any atom is -0.258 e. The molecule has 132 valence electrons. The van der Waals surface area contributed by atoms with Crippen molar-refractivity contribution in [3.05, 3.63) is 73.3 Å². The Bertz CT molecular complexity index is 956. The van der Waals surface area contributed by atoms with Crippen molar-refractivity contribution in [2.24, 2.45) is 0 Å². The third kappa shape index (κ3) is 4.17. The van der Waals surface area contributed by atoms with Crippen molar-refractivity contribution >= 4 is 21.4 Å². The number of nitrogens with zero attached hydrogens (tertiary/aromatic N) is 2. The van der Waals surface area contributed by atoms with Gasteiger partial charge < -0.3 is 0 Å². The topological polar surface area (TPSA) is 132 Å². The van der Waals surface area contributed by atoms with E-state index in [0.717, 1.165) is 6.07 Å². The Kier molecular flexibility index (Phi) is 5.14. The first kappa shape index (κ1) is 18.5. The van der Waals surface area contributed by atoms with Gasteiger partial charge in [-0.15, -0.1) is 0 Å². The fourth-order valence-electron chi connectivity index (χ4n) is 2.23. The Morgan fingerprint density at radius 2 is 1.64 bits per heavy atom. The summed E-state index contributed by atoms with van der Waals surface area (Å²) in [4.78, 5) is 20.3. The minimum absolute atomic E-state index is 0.154. The van der Waals surface area contributed by atoms with E-state index in [-0.39, 0.29) is 22.8 Å². The van der Waals surface area contributed by atoms with Gasteiger partial charge in [-0.05, 0) is 30.5 Å². The van der Waals surface area contributed by atoms with Crippen LogP contribution >= 0.6 is 0 Å². The predicted molar refractivity (Wildman–Crippen MR) is 89.7 cm³/mol. The van der Waals surface area contributed by atoms with Crippen LogP contribution in [0.4, 0.5) is 11.4 Å². The molecule has 0 unspecified atom stereocenters. The molecule has 2 aromatic rings. The summed E-state index contributed by atoms with van der Waals surface area (Å²) in [6.45, 7) is 2.97. The lowest BCUT2D eigenvalue weighted by Gasteiger charge is -2.11. The number of rotatable bonds is 6. The Morgan fingerprint density at radius 3 is 2.24 bits per heavy atom. The summed E-state index contributed by atoms with van der Waals surface area (Å²) >= 11 is 0. The summed E-state index contributed by atoms with van der Waals surface area (Å²) in [5.74, 6) is 0. The van der Waals surface area contributed by atoms with Gasteiger partial charge in [0.25, 0.3) is 11.4 Å². The van der Waals surface area contributed by atoms with Crippen LogP contribution in [-0.2, 0) is 16.6 Å². The number of hydrogen-bond donors (Lipinski definition) is 1. The first-order valence-electron chi connectivity index (χ1n) is 7.10. The first-order valence-corrected chi connectivity index (χ1v) is 8.59. The second-order valence-corrected chi connectivity index (χ2v) is 7.13. The van der Waals surface area contributed by atoms with Crippen molar-refractivity contribution in [3.8, 4) is 0 Å². The number of sulfonamides is 1. The van der Waals surface area contributed by atoms with Gasteiger partial charge in [-0.2, -0.15) is 0 Å². The Hall–Kier alpha value is -2.85. The summed E-state index contributed by atoms with van der Waals surface area (Å²) in [6, 6.07) is 7.85. The van der Waals surface area contributed by atoms with Gasteiger partial charge in [0.1, 0.15) is 0 Å². The van der Waals surface area contributed by atoms with Gasteiger partial charge in [0.15, 0.2) is 0 Å². The molecule has 0 fully saturated rings. The van der Waals surface area contributed by atoms with Crippen molar-refractivity contribution in [1.82, 2.24) is 4.72 Å². The number of hydrogen-bond acceptors (Lipinski definition) is 6. The fourth-order valence-corrected chi connectivity index (χ4v) is 3.58. The molecule has 0 saturated heterocycles. The van der Waals surface area contributed by atoms with Crippen molar-refractivity contribution in [3.63, 3.8) is 0 Å². The van der Waals surface area contributed by atoms with Gasteiger partial charge in [0.05, 0.1) is 14.7 Å². The average Bonchev–Trinajstić information content (AvgIpc) is 2.55. The molecule has 0 spiro atoms. The summed E-state index contributed by atoms with van der Waals surface area (Å²) in [5, 5.41) is 21.7. The normalized spacial score (nSPS) is 11.3. The number of nitro groups is 2. The van der Waals surface area contributed by atoms with Crippen molar-refractivity contribution < 1.29 is 18.3 Å². The zero-order valence-corrected chi connectivity index (χ0v) is 14.2. The molecule has 2 aromatic carbocycles. The van der Waals surface area contributed by atoms with Gasteiger partial charge in [0.2, 0.25) is 10.0 Å². The van der Waals surface area contributed by atoms with Crippen LogP contribution in [0.2, 0.25) is 0 Å². The van der Waals surface area contributed by atoms with Crippen molar-refractivity contribution in [1.29, 1.82) is 0 Å². The third-order valence-electron chi connectivity index (χ3n) is 3.69. The highest BCUT2D eigenvalue weighted by Gasteiger charge is 2.22. The molecule has 0 aliphatic rings. The van der Waals surface area contributed by atoms with Gasteiger partial charge in [-0.3, -0.25) is 20.2 Å². The van der Waals surface area contributed by atoms with E-state index in [9.17, 15) is 28.6 Å². The van der Waals surface area contributed by atoms with E-state index in [1.807, 2.05) is 0 Å². The molecule has 9 nitrogen and oxygen atoms in total. The molecule has 1 N–H and O–H groups in total. The Labute approximate surface area is 143 Å². The molecule has 0 atom stereocenters. The molecule has 0 amide bonds. The van der Waals surface area contributed by atoms with Crippen LogP contribution < -0.4 is 4.72 Å². The van der Waals surface area contributed by atoms with E-state index in [0.29, 0.717) is 16.7 Å². The largest absolute Gasteiger partial charge is 0.271 e. The summed E-state index contributed by atoms with van der Waals surface area (Å²) in [5.41, 5.74) is 0.803. The van der Waals surface area contributed by atoms with Gasteiger partial charge >= 0.3 is 0 Å². The minimum atomic E-state index is -4.03. The summed E-state index contributed by atoms with van der Waals surface area (Å²) < 4.78 is 27.3. The van der Waals surface area contributed by atoms with E-state index in [1.54, 1.807) is 19.9 Å². The van der Waals surface area contributed by atoms with Crippen LogP contribution in [0.15, 0.2) is 41.3 Å². The quantitative estimate of drug-likeness (QED) is 0.618. The molecule has 2 rings (SSSR count). The van der Waals surface area contributed by atoms with E-state index < -0.39 is 19.9 Å². The SMILES string of the molecule is Cc1cc([N+](=O)[O-])cc(S(=O)(=O)NCc2cccc([N+](=O)[O-])c2)c1C. The number of benzene rings is 2. The van der Waals surface area contributed by atoms with E-state index in [1.165, 1.54) is 24.3 Å². The maximum atomic E-state index is 12.5. The molecule has 10 heteroatoms. The molecule has 0 aliphatic carbocycles. The standard InChI is InChI=1S/C15H15N3O6S/c1-10-6-14(18(21)22)8-15(11(10)2)25(23,24)16-9-12-4-3-5-13(7-12)17(19)20/h3-8,16H,9H2,1-2H3. The number of nitrogens with one attached hydrogen (secondary N) is 1. The van der Waals surface area contributed by atoms with Gasteiger partial charge in [-0.25, -0.2) is 13.1 Å². The van der Waals surface area contributed by atoms with Crippen LogP contribution in [0, 0.1) is 34.1 Å². The molecule has 0 saturated carbocycles. The second kappa shape index (κ2) is 6.95. The zero-order chi connectivity index (χ0) is 18.8. The maximum Gasteiger partial charge on any atom is 0.271 e. The summed E-state index contributed by atoms with van der Waals surface area (Å²) in [7, 11) is -4.03. The lowest BCUT2D eigenvalue weighted by molar-refractivity contribution is -0.385. The molecule has 0 radical (unpaired) electrons. The molecule has 0 bridgehead atoms.